The Morgan fingerprint density at radius 1 is 1.13 bits per heavy atom. The zero-order valence-electron chi connectivity index (χ0n) is 12.5. The van der Waals surface area contributed by atoms with E-state index in [1.54, 1.807) is 24.5 Å². The Morgan fingerprint density at radius 2 is 1.87 bits per heavy atom. The van der Waals surface area contributed by atoms with Gasteiger partial charge in [-0.05, 0) is 29.0 Å². The van der Waals surface area contributed by atoms with Gasteiger partial charge in [0.25, 0.3) is 0 Å². The lowest BCUT2D eigenvalue weighted by molar-refractivity contribution is 0.0467. The molecule has 1 aromatic heterocycles. The van der Waals surface area contributed by atoms with Crippen LogP contribution in [0.1, 0.15) is 15.9 Å². The highest BCUT2D eigenvalue weighted by Crippen LogP contribution is 2.20. The van der Waals surface area contributed by atoms with Crippen LogP contribution in [0.5, 0.6) is 5.75 Å². The number of aromatic nitrogens is 1. The van der Waals surface area contributed by atoms with Gasteiger partial charge in [-0.25, -0.2) is 9.18 Å². The van der Waals surface area contributed by atoms with E-state index in [2.05, 4.69) is 4.98 Å². The standard InChI is InChI=1S/C18H14FNO3/c1-22-15-6-12(9-20-10-15)11-23-18(21)16-7-13-4-2-3-5-14(13)8-17(16)19/h2-10H,11H2,1H3. The van der Waals surface area contributed by atoms with Gasteiger partial charge in [0.05, 0.1) is 18.9 Å². The molecule has 3 rings (SSSR count). The fourth-order valence-electron chi connectivity index (χ4n) is 2.25. The maximum Gasteiger partial charge on any atom is 0.341 e. The van der Waals surface area contributed by atoms with Crippen LogP contribution in [0.2, 0.25) is 0 Å². The molecule has 5 heteroatoms. The van der Waals surface area contributed by atoms with Gasteiger partial charge in [0.2, 0.25) is 0 Å². The molecule has 1 heterocycles. The van der Waals surface area contributed by atoms with Gasteiger partial charge in [-0.3, -0.25) is 4.98 Å². The lowest BCUT2D eigenvalue weighted by atomic mass is 10.1. The van der Waals surface area contributed by atoms with Crippen molar-refractivity contribution in [2.75, 3.05) is 7.11 Å². The molecule has 4 nitrogen and oxygen atoms in total. The molecule has 0 saturated heterocycles. The number of hydrogen-bond donors (Lipinski definition) is 0. The van der Waals surface area contributed by atoms with E-state index in [4.69, 9.17) is 9.47 Å². The molecule has 23 heavy (non-hydrogen) atoms. The van der Waals surface area contributed by atoms with Crippen molar-refractivity contribution in [2.24, 2.45) is 0 Å². The number of pyridine rings is 1. The molecular weight excluding hydrogens is 297 g/mol. The number of nitrogens with zero attached hydrogens (tertiary/aromatic N) is 1. The Morgan fingerprint density at radius 3 is 2.61 bits per heavy atom. The van der Waals surface area contributed by atoms with Crippen LogP contribution < -0.4 is 4.74 Å². The Bertz CT molecular complexity index is 864. The van der Waals surface area contributed by atoms with Crippen molar-refractivity contribution in [2.45, 2.75) is 6.61 Å². The molecule has 0 saturated carbocycles. The monoisotopic (exact) mass is 311 g/mol. The normalized spacial score (nSPS) is 10.5. The van der Waals surface area contributed by atoms with Crippen molar-refractivity contribution < 1.29 is 18.7 Å². The highest BCUT2D eigenvalue weighted by Gasteiger charge is 2.14. The highest BCUT2D eigenvalue weighted by atomic mass is 19.1. The van der Waals surface area contributed by atoms with Crippen LogP contribution >= 0.6 is 0 Å². The lowest BCUT2D eigenvalue weighted by Crippen LogP contribution is -2.08. The second-order valence-corrected chi connectivity index (χ2v) is 4.99. The van der Waals surface area contributed by atoms with E-state index in [-0.39, 0.29) is 12.2 Å². The number of halogens is 1. The average molecular weight is 311 g/mol. The molecule has 0 N–H and O–H groups in total. The number of carbonyl (C=O) groups is 1. The van der Waals surface area contributed by atoms with E-state index in [9.17, 15) is 9.18 Å². The van der Waals surface area contributed by atoms with Crippen LogP contribution in [0.4, 0.5) is 4.39 Å². The second-order valence-electron chi connectivity index (χ2n) is 4.99. The Hall–Kier alpha value is -2.95. The molecular formula is C18H14FNO3. The molecule has 0 aliphatic rings. The predicted octanol–water partition coefficient (Wildman–Crippen LogP) is 3.74. The van der Waals surface area contributed by atoms with E-state index >= 15 is 0 Å². The summed E-state index contributed by atoms with van der Waals surface area (Å²) in [6, 6.07) is 11.8. The minimum atomic E-state index is -0.712. The first-order chi connectivity index (χ1) is 11.2. The molecule has 116 valence electrons. The largest absolute Gasteiger partial charge is 0.495 e. The van der Waals surface area contributed by atoms with E-state index in [0.29, 0.717) is 11.3 Å². The van der Waals surface area contributed by atoms with Gasteiger partial charge in [-0.1, -0.05) is 24.3 Å². The first kappa shape index (κ1) is 15.0. The van der Waals surface area contributed by atoms with Crippen LogP contribution in [0.15, 0.2) is 54.9 Å². The molecule has 0 bridgehead atoms. The number of rotatable bonds is 4. The smallest absolute Gasteiger partial charge is 0.341 e. The van der Waals surface area contributed by atoms with E-state index in [1.807, 2.05) is 18.2 Å². The van der Waals surface area contributed by atoms with Gasteiger partial charge in [0, 0.05) is 11.8 Å². The zero-order valence-corrected chi connectivity index (χ0v) is 12.5. The fraction of sp³-hybridized carbons (Fsp3) is 0.111. The topological polar surface area (TPSA) is 48.4 Å². The number of ether oxygens (including phenoxy) is 2. The number of carbonyl (C=O) groups excluding carboxylic acids is 1. The Labute approximate surface area is 132 Å². The van der Waals surface area contributed by atoms with E-state index < -0.39 is 11.8 Å². The van der Waals surface area contributed by atoms with Gasteiger partial charge >= 0.3 is 5.97 Å². The van der Waals surface area contributed by atoms with Crippen molar-refractivity contribution in [1.82, 2.24) is 4.98 Å². The summed E-state index contributed by atoms with van der Waals surface area (Å²) in [5, 5.41) is 1.52. The number of esters is 1. The maximum absolute atomic E-state index is 14.1. The molecule has 0 amide bonds. The Balaban J connectivity index is 1.79. The summed E-state index contributed by atoms with van der Waals surface area (Å²) >= 11 is 0. The summed E-state index contributed by atoms with van der Waals surface area (Å²) < 4.78 is 24.3. The molecule has 0 atom stereocenters. The predicted molar refractivity (Wildman–Crippen MR) is 83.8 cm³/mol. The molecule has 0 aliphatic heterocycles. The molecule has 0 aliphatic carbocycles. The first-order valence-corrected chi connectivity index (χ1v) is 7.00. The summed E-state index contributed by atoms with van der Waals surface area (Å²) in [6.45, 7) is -0.00466. The first-order valence-electron chi connectivity index (χ1n) is 7.00. The molecule has 0 fully saturated rings. The summed E-state index contributed by atoms with van der Waals surface area (Å²) in [7, 11) is 1.53. The van der Waals surface area contributed by atoms with Crippen molar-refractivity contribution in [3.05, 3.63) is 71.8 Å². The molecule has 0 unspecified atom stereocenters. The van der Waals surface area contributed by atoms with Gasteiger partial charge in [-0.2, -0.15) is 0 Å². The number of benzene rings is 2. The molecule has 2 aromatic carbocycles. The number of methoxy groups -OCH3 is 1. The van der Waals surface area contributed by atoms with E-state index in [0.717, 1.165) is 10.8 Å². The van der Waals surface area contributed by atoms with Gasteiger partial charge in [0.1, 0.15) is 18.2 Å². The summed E-state index contributed by atoms with van der Waals surface area (Å²) in [5.74, 6) is -0.746. The summed E-state index contributed by atoms with van der Waals surface area (Å²) in [5.41, 5.74) is 0.582. The Kier molecular flexibility index (Phi) is 4.19. The average Bonchev–Trinajstić information content (AvgIpc) is 2.59. The third-order valence-corrected chi connectivity index (χ3v) is 3.43. The molecule has 0 spiro atoms. The second kappa shape index (κ2) is 6.44. The van der Waals surface area contributed by atoms with Crippen molar-refractivity contribution in [3.63, 3.8) is 0 Å². The summed E-state index contributed by atoms with van der Waals surface area (Å²) in [4.78, 5) is 16.1. The zero-order chi connectivity index (χ0) is 16.2. The number of hydrogen-bond acceptors (Lipinski definition) is 4. The van der Waals surface area contributed by atoms with E-state index in [1.165, 1.54) is 19.2 Å². The van der Waals surface area contributed by atoms with Gasteiger partial charge in [0.15, 0.2) is 0 Å². The van der Waals surface area contributed by atoms with Crippen LogP contribution in [0, 0.1) is 5.82 Å². The van der Waals surface area contributed by atoms with Crippen LogP contribution in [0.3, 0.4) is 0 Å². The van der Waals surface area contributed by atoms with Crippen molar-refractivity contribution in [1.29, 1.82) is 0 Å². The quantitative estimate of drug-likeness (QED) is 0.689. The van der Waals surface area contributed by atoms with Crippen LogP contribution in [-0.4, -0.2) is 18.1 Å². The van der Waals surface area contributed by atoms with Crippen LogP contribution in [0.25, 0.3) is 10.8 Å². The molecule has 3 aromatic rings. The van der Waals surface area contributed by atoms with Gasteiger partial charge < -0.3 is 9.47 Å². The lowest BCUT2D eigenvalue weighted by Gasteiger charge is -2.08. The van der Waals surface area contributed by atoms with Crippen LogP contribution in [-0.2, 0) is 11.3 Å². The summed E-state index contributed by atoms with van der Waals surface area (Å²) in [6.07, 6.45) is 3.11. The number of fused-ring (bicyclic) bond motifs is 1. The highest BCUT2D eigenvalue weighted by molar-refractivity contribution is 5.95. The molecule has 0 radical (unpaired) electrons. The minimum Gasteiger partial charge on any atom is -0.495 e. The van der Waals surface area contributed by atoms with Crippen molar-refractivity contribution in [3.8, 4) is 5.75 Å². The SMILES string of the molecule is COc1cncc(COC(=O)c2cc3ccccc3cc2F)c1. The third-order valence-electron chi connectivity index (χ3n) is 3.43. The minimum absolute atomic E-state index is 0.00466. The van der Waals surface area contributed by atoms with Gasteiger partial charge in [-0.15, -0.1) is 0 Å². The van der Waals surface area contributed by atoms with Crippen molar-refractivity contribution >= 4 is 16.7 Å². The third kappa shape index (κ3) is 3.29. The fourth-order valence-corrected chi connectivity index (χ4v) is 2.25. The maximum atomic E-state index is 14.1.